The maximum absolute atomic E-state index is 12.1. The Morgan fingerprint density at radius 2 is 1.80 bits per heavy atom. The number of unbranched alkanes of at least 4 members (excludes halogenated alkanes) is 1. The van der Waals surface area contributed by atoms with Gasteiger partial charge in [0, 0.05) is 5.75 Å². The fourth-order valence-corrected chi connectivity index (χ4v) is 2.00. The first kappa shape index (κ1) is 18.7. The molecule has 0 aromatic heterocycles. The Hall–Kier alpha value is -1.32. The zero-order valence-corrected chi connectivity index (χ0v) is 12.0. The van der Waals surface area contributed by atoms with Gasteiger partial charge in [0.2, 0.25) is 5.91 Å². The van der Waals surface area contributed by atoms with Gasteiger partial charge in [0.25, 0.3) is 0 Å². The number of carboxylic acid groups (broad SMARTS) is 2. The van der Waals surface area contributed by atoms with Gasteiger partial charge in [-0.25, -0.2) is 4.79 Å². The minimum atomic E-state index is -1.32. The number of carbonyl (C=O) groups excluding carboxylic acids is 1. The molecule has 2 atom stereocenters. The molecule has 116 valence electrons. The van der Waals surface area contributed by atoms with Crippen LogP contribution in [0.1, 0.15) is 19.3 Å². The Morgan fingerprint density at radius 3 is 2.20 bits per heavy atom. The second kappa shape index (κ2) is 9.56. The largest absolute Gasteiger partial charge is 0.480 e. The van der Waals surface area contributed by atoms with Crippen LogP contribution in [-0.4, -0.2) is 63.9 Å². The van der Waals surface area contributed by atoms with Crippen LogP contribution in [0.15, 0.2) is 0 Å². The van der Waals surface area contributed by atoms with E-state index in [4.69, 9.17) is 21.7 Å². The molecule has 0 fully saturated rings. The first-order valence-corrected chi connectivity index (χ1v) is 6.80. The molecule has 0 heterocycles. The molecule has 0 saturated carbocycles. The summed E-state index contributed by atoms with van der Waals surface area (Å²) in [6.07, 6.45) is 1.63. The average Bonchev–Trinajstić information content (AvgIpc) is 2.36. The van der Waals surface area contributed by atoms with Crippen LogP contribution in [0.5, 0.6) is 0 Å². The van der Waals surface area contributed by atoms with Gasteiger partial charge in [-0.15, -0.1) is 0 Å². The summed E-state index contributed by atoms with van der Waals surface area (Å²) in [4.78, 5) is 34.6. The third-order valence-electron chi connectivity index (χ3n) is 2.71. The number of aliphatic carboxylic acids is 2. The summed E-state index contributed by atoms with van der Waals surface area (Å²) in [6.45, 7) is -0.255. The summed E-state index contributed by atoms with van der Waals surface area (Å²) in [5.41, 5.74) is 11.0. The predicted octanol–water partition coefficient (Wildman–Crippen LogP) is -1.26. The molecular weight excluding hydrogens is 286 g/mol. The van der Waals surface area contributed by atoms with Crippen LogP contribution in [0.2, 0.25) is 0 Å². The second-order valence-electron chi connectivity index (χ2n) is 4.29. The van der Waals surface area contributed by atoms with Crippen molar-refractivity contribution in [3.05, 3.63) is 0 Å². The number of amides is 1. The van der Waals surface area contributed by atoms with Crippen LogP contribution in [0.25, 0.3) is 0 Å². The van der Waals surface area contributed by atoms with Crippen LogP contribution in [0.4, 0.5) is 0 Å². The molecule has 9 heteroatoms. The Labute approximate surface area is 122 Å². The van der Waals surface area contributed by atoms with Gasteiger partial charge < -0.3 is 26.6 Å². The maximum atomic E-state index is 12.1. The summed E-state index contributed by atoms with van der Waals surface area (Å²) in [5, 5.41) is 17.8. The molecule has 0 spiro atoms. The number of nitrogens with zero attached hydrogens (tertiary/aromatic N) is 1. The van der Waals surface area contributed by atoms with Gasteiger partial charge in [0.15, 0.2) is 0 Å². The zero-order valence-electron chi connectivity index (χ0n) is 11.1. The lowest BCUT2D eigenvalue weighted by molar-refractivity contribution is -0.154. The van der Waals surface area contributed by atoms with Gasteiger partial charge in [-0.05, 0) is 19.4 Å². The Morgan fingerprint density at radius 1 is 1.20 bits per heavy atom. The van der Waals surface area contributed by atoms with Crippen LogP contribution in [-0.2, 0) is 14.4 Å². The lowest BCUT2D eigenvalue weighted by Crippen LogP contribution is -2.54. The van der Waals surface area contributed by atoms with E-state index in [1.165, 1.54) is 0 Å². The molecule has 0 aliphatic carbocycles. The summed E-state index contributed by atoms with van der Waals surface area (Å²) < 4.78 is 0. The maximum Gasteiger partial charge on any atom is 0.327 e. The molecule has 0 aliphatic heterocycles. The average molecular weight is 307 g/mol. The smallest absolute Gasteiger partial charge is 0.327 e. The predicted molar refractivity (Wildman–Crippen MR) is 75.5 cm³/mol. The lowest BCUT2D eigenvalue weighted by Gasteiger charge is -2.28. The molecule has 1 unspecified atom stereocenters. The van der Waals surface area contributed by atoms with E-state index in [2.05, 4.69) is 12.6 Å². The first-order chi connectivity index (χ1) is 9.34. The van der Waals surface area contributed by atoms with Crippen molar-refractivity contribution in [1.82, 2.24) is 4.90 Å². The summed E-state index contributed by atoms with van der Waals surface area (Å²) >= 11 is 3.84. The number of thiol groups is 1. The monoisotopic (exact) mass is 307 g/mol. The molecule has 0 saturated heterocycles. The van der Waals surface area contributed by atoms with Gasteiger partial charge in [0.05, 0.1) is 6.04 Å². The van der Waals surface area contributed by atoms with E-state index in [-0.39, 0.29) is 5.75 Å². The molecule has 0 rings (SSSR count). The van der Waals surface area contributed by atoms with Gasteiger partial charge in [-0.2, -0.15) is 12.6 Å². The fourth-order valence-electron chi connectivity index (χ4n) is 1.64. The molecule has 0 radical (unpaired) electrons. The van der Waals surface area contributed by atoms with Crippen molar-refractivity contribution in [2.75, 3.05) is 18.8 Å². The normalized spacial score (nSPS) is 13.6. The number of carbonyl (C=O) groups is 3. The van der Waals surface area contributed by atoms with E-state index in [0.29, 0.717) is 25.8 Å². The van der Waals surface area contributed by atoms with E-state index in [9.17, 15) is 14.4 Å². The van der Waals surface area contributed by atoms with Gasteiger partial charge in [0.1, 0.15) is 12.6 Å². The molecule has 0 aromatic rings. The van der Waals surface area contributed by atoms with E-state index >= 15 is 0 Å². The van der Waals surface area contributed by atoms with Crippen LogP contribution < -0.4 is 11.5 Å². The summed E-state index contributed by atoms with van der Waals surface area (Å²) in [5.74, 6) is -3.51. The van der Waals surface area contributed by atoms with Crippen molar-refractivity contribution in [2.24, 2.45) is 11.5 Å². The molecule has 0 bridgehead atoms. The van der Waals surface area contributed by atoms with Crippen molar-refractivity contribution in [3.63, 3.8) is 0 Å². The minimum absolute atomic E-state index is 0.191. The number of nitrogens with two attached hydrogens (primary N) is 2. The molecule has 1 amide bonds. The van der Waals surface area contributed by atoms with Crippen molar-refractivity contribution in [2.45, 2.75) is 31.3 Å². The number of rotatable bonds is 10. The van der Waals surface area contributed by atoms with Gasteiger partial charge in [-0.3, -0.25) is 9.59 Å². The third-order valence-corrected chi connectivity index (χ3v) is 3.06. The van der Waals surface area contributed by atoms with Gasteiger partial charge in [-0.1, -0.05) is 6.42 Å². The van der Waals surface area contributed by atoms with Crippen molar-refractivity contribution >= 4 is 30.5 Å². The topological polar surface area (TPSA) is 147 Å². The second-order valence-corrected chi connectivity index (χ2v) is 4.65. The van der Waals surface area contributed by atoms with Crippen LogP contribution >= 0.6 is 12.6 Å². The molecule has 0 aliphatic rings. The third kappa shape index (κ3) is 6.22. The Bertz CT molecular complexity index is 353. The van der Waals surface area contributed by atoms with E-state index in [0.717, 1.165) is 4.90 Å². The number of hydrogen-bond donors (Lipinski definition) is 5. The highest BCUT2D eigenvalue weighted by Crippen LogP contribution is 2.08. The van der Waals surface area contributed by atoms with Crippen LogP contribution in [0, 0.1) is 0 Å². The molecule has 6 N–H and O–H groups in total. The van der Waals surface area contributed by atoms with Gasteiger partial charge >= 0.3 is 11.9 Å². The molecule has 8 nitrogen and oxygen atoms in total. The standard InChI is InChI=1S/C11H21N3O5S/c12-4-2-1-3-7(13)10(17)14(5-9(15)16)8(6-20)11(18)19/h7-8,20H,1-6,12-13H2,(H,15,16)(H,18,19)/t7?,8-/m1/s1. The van der Waals surface area contributed by atoms with E-state index in [1.54, 1.807) is 0 Å². The first-order valence-electron chi connectivity index (χ1n) is 6.16. The zero-order chi connectivity index (χ0) is 15.7. The minimum Gasteiger partial charge on any atom is -0.480 e. The molecule has 20 heavy (non-hydrogen) atoms. The molecular formula is C11H21N3O5S. The Kier molecular flexibility index (Phi) is 8.93. The molecule has 0 aromatic carbocycles. The highest BCUT2D eigenvalue weighted by molar-refractivity contribution is 7.80. The highest BCUT2D eigenvalue weighted by atomic mass is 32.1. The fraction of sp³-hybridized carbons (Fsp3) is 0.727. The SMILES string of the molecule is NCCCCC(N)C(=O)N(CC(=O)O)[C@H](CS)C(=O)O. The Balaban J connectivity index is 4.87. The van der Waals surface area contributed by atoms with Crippen molar-refractivity contribution in [1.29, 1.82) is 0 Å². The number of carboxylic acids is 2. The quantitative estimate of drug-likeness (QED) is 0.250. The number of hydrogen-bond acceptors (Lipinski definition) is 6. The van der Waals surface area contributed by atoms with E-state index < -0.39 is 36.5 Å². The highest BCUT2D eigenvalue weighted by Gasteiger charge is 2.32. The van der Waals surface area contributed by atoms with E-state index in [1.807, 2.05) is 0 Å². The summed E-state index contributed by atoms with van der Waals surface area (Å²) in [7, 11) is 0. The lowest BCUT2D eigenvalue weighted by atomic mass is 10.1. The summed E-state index contributed by atoms with van der Waals surface area (Å²) in [6, 6.07) is -2.26. The van der Waals surface area contributed by atoms with Crippen molar-refractivity contribution < 1.29 is 24.6 Å². The van der Waals surface area contributed by atoms with Crippen molar-refractivity contribution in [3.8, 4) is 0 Å². The van der Waals surface area contributed by atoms with Crippen LogP contribution in [0.3, 0.4) is 0 Å².